The lowest BCUT2D eigenvalue weighted by molar-refractivity contribution is -0.128. The van der Waals surface area contributed by atoms with Crippen molar-refractivity contribution in [3.63, 3.8) is 0 Å². The highest BCUT2D eigenvalue weighted by Gasteiger charge is 2.44. The molecule has 0 bridgehead atoms. The van der Waals surface area contributed by atoms with Crippen LogP contribution >= 0.6 is 0 Å². The minimum absolute atomic E-state index is 0.136. The van der Waals surface area contributed by atoms with Crippen LogP contribution in [0.4, 0.5) is 0 Å². The average Bonchev–Trinajstić information content (AvgIpc) is 2.29. The van der Waals surface area contributed by atoms with Crippen LogP contribution in [0.2, 0.25) is 0 Å². The van der Waals surface area contributed by atoms with Crippen molar-refractivity contribution in [2.45, 2.75) is 57.8 Å². The molecule has 98 valence electrons. The first-order valence-electron chi connectivity index (χ1n) is 7.28. The fourth-order valence-corrected chi connectivity index (χ4v) is 3.12. The van der Waals surface area contributed by atoms with Crippen molar-refractivity contribution in [3.8, 4) is 0 Å². The molecule has 0 aliphatic heterocycles. The van der Waals surface area contributed by atoms with Gasteiger partial charge in [-0.15, -0.1) is 0 Å². The summed E-state index contributed by atoms with van der Waals surface area (Å²) < 4.78 is 0. The smallest absolute Gasteiger partial charge is 0.143 e. The Morgan fingerprint density at radius 3 is 2.44 bits per heavy atom. The molecule has 0 spiro atoms. The zero-order valence-corrected chi connectivity index (χ0v) is 11.6. The van der Waals surface area contributed by atoms with Gasteiger partial charge in [-0.1, -0.05) is 63.4 Å². The first-order chi connectivity index (χ1) is 8.69. The maximum Gasteiger partial charge on any atom is 0.143 e. The van der Waals surface area contributed by atoms with Gasteiger partial charge < -0.3 is 0 Å². The van der Waals surface area contributed by atoms with Gasteiger partial charge in [0, 0.05) is 6.42 Å². The van der Waals surface area contributed by atoms with Crippen LogP contribution in [-0.2, 0) is 10.2 Å². The Balaban J connectivity index is 2.11. The molecule has 1 heteroatoms. The Bertz CT molecular complexity index is 389. The molecule has 0 N–H and O–H groups in total. The van der Waals surface area contributed by atoms with Crippen molar-refractivity contribution in [2.24, 2.45) is 5.92 Å². The van der Waals surface area contributed by atoms with Crippen LogP contribution in [0.5, 0.6) is 0 Å². The van der Waals surface area contributed by atoms with Gasteiger partial charge in [0.15, 0.2) is 0 Å². The summed E-state index contributed by atoms with van der Waals surface area (Å²) in [6.07, 6.45) is 6.39. The molecule has 1 aliphatic rings. The Hall–Kier alpha value is -1.11. The van der Waals surface area contributed by atoms with Gasteiger partial charge in [-0.05, 0) is 24.3 Å². The van der Waals surface area contributed by atoms with E-state index in [-0.39, 0.29) is 5.41 Å². The summed E-state index contributed by atoms with van der Waals surface area (Å²) in [5.41, 5.74) is 1.11. The van der Waals surface area contributed by atoms with Gasteiger partial charge in [0.25, 0.3) is 0 Å². The third-order valence-electron chi connectivity index (χ3n) is 4.38. The fraction of sp³-hybridized carbons (Fsp3) is 0.588. The van der Waals surface area contributed by atoms with E-state index in [0.29, 0.717) is 11.7 Å². The van der Waals surface area contributed by atoms with Crippen LogP contribution in [0, 0.1) is 5.92 Å². The Morgan fingerprint density at radius 1 is 1.28 bits per heavy atom. The van der Waals surface area contributed by atoms with Gasteiger partial charge in [0.1, 0.15) is 5.78 Å². The highest BCUT2D eigenvalue weighted by Crippen LogP contribution is 2.45. The van der Waals surface area contributed by atoms with Crippen molar-refractivity contribution < 1.29 is 4.79 Å². The minimum Gasteiger partial charge on any atom is -0.299 e. The quantitative estimate of drug-likeness (QED) is 0.720. The predicted octanol–water partition coefficient (Wildman–Crippen LogP) is 4.50. The van der Waals surface area contributed by atoms with Crippen molar-refractivity contribution in [2.75, 3.05) is 0 Å². The van der Waals surface area contributed by atoms with Crippen LogP contribution in [0.3, 0.4) is 0 Å². The van der Waals surface area contributed by atoms with E-state index in [0.717, 1.165) is 25.7 Å². The molecule has 1 unspecified atom stereocenters. The number of rotatable bonds is 6. The predicted molar refractivity (Wildman–Crippen MR) is 75.7 cm³/mol. The molecule has 0 saturated heterocycles. The molecule has 1 saturated carbocycles. The van der Waals surface area contributed by atoms with E-state index in [9.17, 15) is 4.79 Å². The molecule has 2 rings (SSSR count). The second-order valence-corrected chi connectivity index (χ2v) is 5.82. The number of Topliss-reactive ketones (excluding diaryl/α,β-unsaturated/α-hetero) is 1. The zero-order valence-electron chi connectivity index (χ0n) is 11.6. The summed E-state index contributed by atoms with van der Waals surface area (Å²) in [6.45, 7) is 4.40. The average molecular weight is 244 g/mol. The normalized spacial score (nSPS) is 19.0. The summed E-state index contributed by atoms with van der Waals surface area (Å²) in [4.78, 5) is 12.6. The summed E-state index contributed by atoms with van der Waals surface area (Å²) >= 11 is 0. The fourth-order valence-electron chi connectivity index (χ4n) is 3.12. The Kier molecular flexibility index (Phi) is 4.21. The summed E-state index contributed by atoms with van der Waals surface area (Å²) in [7, 11) is 0. The summed E-state index contributed by atoms with van der Waals surface area (Å²) in [6, 6.07) is 10.4. The molecule has 0 aromatic heterocycles. The second-order valence-electron chi connectivity index (χ2n) is 5.82. The molecule has 0 amide bonds. The van der Waals surface area contributed by atoms with E-state index >= 15 is 0 Å². The van der Waals surface area contributed by atoms with E-state index in [4.69, 9.17) is 0 Å². The number of carbonyl (C=O) groups is 1. The molecule has 1 aromatic carbocycles. The van der Waals surface area contributed by atoms with Gasteiger partial charge in [0.05, 0.1) is 5.41 Å². The Labute approximate surface area is 111 Å². The largest absolute Gasteiger partial charge is 0.299 e. The summed E-state index contributed by atoms with van der Waals surface area (Å²) in [5.74, 6) is 1.00. The van der Waals surface area contributed by atoms with Gasteiger partial charge in [0.2, 0.25) is 0 Å². The van der Waals surface area contributed by atoms with Crippen LogP contribution in [0.1, 0.15) is 57.9 Å². The van der Waals surface area contributed by atoms with E-state index in [1.165, 1.54) is 18.4 Å². The summed E-state index contributed by atoms with van der Waals surface area (Å²) in [5, 5.41) is 0. The van der Waals surface area contributed by atoms with Gasteiger partial charge in [-0.3, -0.25) is 4.79 Å². The van der Waals surface area contributed by atoms with Crippen molar-refractivity contribution in [3.05, 3.63) is 35.9 Å². The standard InChI is InChI=1S/C17H24O/c1-3-8-14(2)13-16(18)17(11-7-12-17)15-9-5-4-6-10-15/h4-6,9-10,14H,3,7-8,11-13H2,1-2H3. The molecule has 1 atom stereocenters. The maximum atomic E-state index is 12.6. The van der Waals surface area contributed by atoms with Gasteiger partial charge in [-0.25, -0.2) is 0 Å². The monoisotopic (exact) mass is 244 g/mol. The molecule has 1 aromatic rings. The lowest BCUT2D eigenvalue weighted by Gasteiger charge is -2.41. The molecule has 0 heterocycles. The second kappa shape index (κ2) is 5.69. The minimum atomic E-state index is -0.136. The zero-order chi connectivity index (χ0) is 13.0. The highest BCUT2D eigenvalue weighted by atomic mass is 16.1. The van der Waals surface area contributed by atoms with E-state index in [1.807, 2.05) is 6.07 Å². The lowest BCUT2D eigenvalue weighted by Crippen LogP contribution is -2.43. The molecule has 0 radical (unpaired) electrons. The number of ketones is 1. The topological polar surface area (TPSA) is 17.1 Å². The molecule has 18 heavy (non-hydrogen) atoms. The van der Waals surface area contributed by atoms with Crippen molar-refractivity contribution in [1.82, 2.24) is 0 Å². The van der Waals surface area contributed by atoms with Crippen molar-refractivity contribution >= 4 is 5.78 Å². The third-order valence-corrected chi connectivity index (χ3v) is 4.38. The number of hydrogen-bond donors (Lipinski definition) is 0. The first kappa shape index (κ1) is 13.3. The van der Waals surface area contributed by atoms with Gasteiger partial charge >= 0.3 is 0 Å². The maximum absolute atomic E-state index is 12.6. The highest BCUT2D eigenvalue weighted by molar-refractivity contribution is 5.91. The van der Waals surface area contributed by atoms with Crippen LogP contribution in [-0.4, -0.2) is 5.78 Å². The van der Waals surface area contributed by atoms with Crippen LogP contribution in [0.25, 0.3) is 0 Å². The molecular weight excluding hydrogens is 220 g/mol. The molecule has 1 nitrogen and oxygen atoms in total. The lowest BCUT2D eigenvalue weighted by atomic mass is 9.60. The number of benzene rings is 1. The van der Waals surface area contributed by atoms with E-state index in [2.05, 4.69) is 38.1 Å². The van der Waals surface area contributed by atoms with Gasteiger partial charge in [-0.2, -0.15) is 0 Å². The number of hydrogen-bond acceptors (Lipinski definition) is 1. The SMILES string of the molecule is CCCC(C)CC(=O)C1(c2ccccc2)CCC1. The first-order valence-corrected chi connectivity index (χ1v) is 7.28. The Morgan fingerprint density at radius 2 is 1.94 bits per heavy atom. The van der Waals surface area contributed by atoms with Crippen LogP contribution in [0.15, 0.2) is 30.3 Å². The van der Waals surface area contributed by atoms with E-state index < -0.39 is 0 Å². The van der Waals surface area contributed by atoms with Crippen LogP contribution < -0.4 is 0 Å². The molecule has 1 fully saturated rings. The number of carbonyl (C=O) groups excluding carboxylic acids is 1. The molecule has 1 aliphatic carbocycles. The third kappa shape index (κ3) is 2.50. The van der Waals surface area contributed by atoms with E-state index in [1.54, 1.807) is 0 Å². The van der Waals surface area contributed by atoms with Crippen molar-refractivity contribution in [1.29, 1.82) is 0 Å². The molecular formula is C17H24O.